The van der Waals surface area contributed by atoms with E-state index in [9.17, 15) is 22.8 Å². The van der Waals surface area contributed by atoms with Gasteiger partial charge in [-0.25, -0.2) is 0 Å². The number of fused-ring (bicyclic) bond motifs is 4. The first-order valence-electron chi connectivity index (χ1n) is 10.7. The van der Waals surface area contributed by atoms with Gasteiger partial charge in [-0.15, -0.1) is 0 Å². The number of rotatable bonds is 5. The Bertz CT molecular complexity index is 1020. The first-order chi connectivity index (χ1) is 14.8. The molecule has 1 aliphatic carbocycles. The average molecular weight is 435 g/mol. The monoisotopic (exact) mass is 435 g/mol. The fraction of sp³-hybridized carbons (Fsp3) is 0.571. The van der Waals surface area contributed by atoms with E-state index in [2.05, 4.69) is 20.6 Å². The standard InChI is InChI=1S/C21H24F3N5O2/c22-21(23,24)11-29-17-4-3-14(25-19(30)13-1-2-13)9-15(17)18(27-29)20(31)26-16-10-28-7-5-12(16)6-8-28/h3-4,9,12-13,16H,1-2,5-8,10-11H2,(H,25,30)(H,26,31)/t16-/m1/s1. The number of carbonyl (C=O) groups is 2. The molecule has 2 bridgehead atoms. The molecular formula is C21H24F3N5O2. The van der Waals surface area contributed by atoms with Crippen LogP contribution >= 0.6 is 0 Å². The molecule has 2 aromatic rings. The lowest BCUT2D eigenvalue weighted by molar-refractivity contribution is -0.141. The van der Waals surface area contributed by atoms with Gasteiger partial charge in [0.25, 0.3) is 5.91 Å². The van der Waals surface area contributed by atoms with Gasteiger partial charge in [0.15, 0.2) is 5.69 Å². The number of halogens is 3. The van der Waals surface area contributed by atoms with Crippen molar-refractivity contribution in [2.75, 3.05) is 25.0 Å². The average Bonchev–Trinajstić information content (AvgIpc) is 3.51. The maximum Gasteiger partial charge on any atom is 0.408 e. The number of hydrogen-bond donors (Lipinski definition) is 2. The third-order valence-electron chi connectivity index (χ3n) is 6.48. The normalized spacial score (nSPS) is 25.6. The van der Waals surface area contributed by atoms with Crippen LogP contribution in [-0.2, 0) is 11.3 Å². The molecule has 31 heavy (non-hydrogen) atoms. The Morgan fingerprint density at radius 1 is 1.13 bits per heavy atom. The van der Waals surface area contributed by atoms with Gasteiger partial charge >= 0.3 is 6.18 Å². The highest BCUT2D eigenvalue weighted by atomic mass is 19.4. The molecule has 3 aliphatic heterocycles. The van der Waals surface area contributed by atoms with Gasteiger partial charge in [-0.3, -0.25) is 14.3 Å². The maximum absolute atomic E-state index is 13.1. The molecule has 10 heteroatoms. The molecule has 1 saturated carbocycles. The van der Waals surface area contributed by atoms with Crippen molar-refractivity contribution in [1.82, 2.24) is 20.0 Å². The van der Waals surface area contributed by atoms with Gasteiger partial charge in [0.2, 0.25) is 5.91 Å². The Labute approximate surface area is 176 Å². The van der Waals surface area contributed by atoms with Crippen LogP contribution in [0.25, 0.3) is 10.9 Å². The van der Waals surface area contributed by atoms with Crippen LogP contribution in [0.3, 0.4) is 0 Å². The lowest BCUT2D eigenvalue weighted by Gasteiger charge is -2.44. The van der Waals surface area contributed by atoms with Crippen LogP contribution in [0.2, 0.25) is 0 Å². The van der Waals surface area contributed by atoms with Crippen LogP contribution in [-0.4, -0.2) is 58.3 Å². The summed E-state index contributed by atoms with van der Waals surface area (Å²) >= 11 is 0. The number of alkyl halides is 3. The van der Waals surface area contributed by atoms with E-state index >= 15 is 0 Å². The second kappa shape index (κ2) is 7.51. The summed E-state index contributed by atoms with van der Waals surface area (Å²) in [5.41, 5.74) is 0.617. The number of carbonyl (C=O) groups excluding carboxylic acids is 2. The third-order valence-corrected chi connectivity index (χ3v) is 6.48. The summed E-state index contributed by atoms with van der Waals surface area (Å²) in [6, 6.07) is 4.53. The maximum atomic E-state index is 13.1. The summed E-state index contributed by atoms with van der Waals surface area (Å²) in [5, 5.41) is 10.1. The number of nitrogens with zero attached hydrogens (tertiary/aromatic N) is 3. The molecule has 166 valence electrons. The molecule has 6 rings (SSSR count). The van der Waals surface area contributed by atoms with Gasteiger partial charge in [0.1, 0.15) is 6.54 Å². The molecule has 0 radical (unpaired) electrons. The Morgan fingerprint density at radius 2 is 1.87 bits per heavy atom. The van der Waals surface area contributed by atoms with E-state index in [4.69, 9.17) is 0 Å². The highest BCUT2D eigenvalue weighted by molar-refractivity contribution is 6.06. The minimum absolute atomic E-state index is 0.0110. The first-order valence-corrected chi connectivity index (χ1v) is 10.7. The van der Waals surface area contributed by atoms with Crippen LogP contribution < -0.4 is 10.6 Å². The topological polar surface area (TPSA) is 79.3 Å². The summed E-state index contributed by atoms with van der Waals surface area (Å²) in [4.78, 5) is 27.4. The molecule has 0 unspecified atom stereocenters. The summed E-state index contributed by atoms with van der Waals surface area (Å²) in [5.74, 6) is -0.218. The van der Waals surface area contributed by atoms with E-state index in [1.807, 2.05) is 0 Å². The third kappa shape index (κ3) is 4.26. The van der Waals surface area contributed by atoms with Gasteiger partial charge in [-0.05, 0) is 62.9 Å². The van der Waals surface area contributed by atoms with Crippen molar-refractivity contribution < 1.29 is 22.8 Å². The molecule has 4 fully saturated rings. The molecule has 2 amide bonds. The number of hydrogen-bond acceptors (Lipinski definition) is 4. The van der Waals surface area contributed by atoms with Crippen molar-refractivity contribution in [3.63, 3.8) is 0 Å². The summed E-state index contributed by atoms with van der Waals surface area (Å²) in [7, 11) is 0. The van der Waals surface area contributed by atoms with Crippen LogP contribution in [0.1, 0.15) is 36.2 Å². The summed E-state index contributed by atoms with van der Waals surface area (Å²) in [6.45, 7) is 1.50. The molecule has 4 aliphatic rings. The van der Waals surface area contributed by atoms with Crippen molar-refractivity contribution in [2.24, 2.45) is 11.8 Å². The summed E-state index contributed by atoms with van der Waals surface area (Å²) in [6.07, 6.45) is -0.784. The van der Waals surface area contributed by atoms with Gasteiger partial charge in [-0.2, -0.15) is 18.3 Å². The minimum atomic E-state index is -4.47. The number of nitrogens with one attached hydrogen (secondary N) is 2. The van der Waals surface area contributed by atoms with Crippen LogP contribution in [0.4, 0.5) is 18.9 Å². The zero-order valence-corrected chi connectivity index (χ0v) is 16.9. The van der Waals surface area contributed by atoms with Crippen molar-refractivity contribution in [2.45, 2.75) is 44.4 Å². The molecule has 2 N–H and O–H groups in total. The largest absolute Gasteiger partial charge is 0.408 e. The van der Waals surface area contributed by atoms with Crippen molar-refractivity contribution in [3.05, 3.63) is 23.9 Å². The SMILES string of the molecule is O=C(N[C@@H]1CN2CCC1CC2)c1nn(CC(F)(F)F)c2ccc(NC(=O)C3CC3)cc12. The van der Waals surface area contributed by atoms with E-state index in [1.54, 1.807) is 12.1 Å². The number of aromatic nitrogens is 2. The lowest BCUT2D eigenvalue weighted by Crippen LogP contribution is -2.57. The molecule has 1 aromatic heterocycles. The van der Waals surface area contributed by atoms with Crippen LogP contribution in [0, 0.1) is 11.8 Å². The van der Waals surface area contributed by atoms with E-state index in [0.29, 0.717) is 17.0 Å². The second-order valence-corrected chi connectivity index (χ2v) is 8.83. The van der Waals surface area contributed by atoms with Crippen molar-refractivity contribution >= 4 is 28.4 Å². The Kier molecular flexibility index (Phi) is 4.91. The predicted molar refractivity (Wildman–Crippen MR) is 108 cm³/mol. The Balaban J connectivity index is 1.45. The highest BCUT2D eigenvalue weighted by Gasteiger charge is 2.36. The first kappa shape index (κ1) is 20.3. The lowest BCUT2D eigenvalue weighted by atomic mass is 9.84. The van der Waals surface area contributed by atoms with E-state index in [-0.39, 0.29) is 29.1 Å². The van der Waals surface area contributed by atoms with Gasteiger partial charge < -0.3 is 15.5 Å². The van der Waals surface area contributed by atoms with Gasteiger partial charge in [0, 0.05) is 29.6 Å². The molecule has 1 atom stereocenters. The van der Waals surface area contributed by atoms with E-state index in [1.165, 1.54) is 6.07 Å². The number of anilines is 1. The van der Waals surface area contributed by atoms with Crippen molar-refractivity contribution in [1.29, 1.82) is 0 Å². The fourth-order valence-corrected chi connectivity index (χ4v) is 4.67. The zero-order valence-electron chi connectivity index (χ0n) is 16.9. The van der Waals surface area contributed by atoms with Crippen molar-refractivity contribution in [3.8, 4) is 0 Å². The van der Waals surface area contributed by atoms with Gasteiger partial charge in [0.05, 0.1) is 5.52 Å². The van der Waals surface area contributed by atoms with E-state index in [0.717, 1.165) is 50.0 Å². The Hall–Kier alpha value is -2.62. The van der Waals surface area contributed by atoms with E-state index < -0.39 is 18.6 Å². The second-order valence-electron chi connectivity index (χ2n) is 8.83. The zero-order chi connectivity index (χ0) is 21.8. The quantitative estimate of drug-likeness (QED) is 0.757. The molecule has 7 nitrogen and oxygen atoms in total. The van der Waals surface area contributed by atoms with Gasteiger partial charge in [-0.1, -0.05) is 0 Å². The Morgan fingerprint density at radius 3 is 2.48 bits per heavy atom. The molecular weight excluding hydrogens is 411 g/mol. The molecule has 0 spiro atoms. The van der Waals surface area contributed by atoms with Crippen LogP contribution in [0.5, 0.6) is 0 Å². The molecule has 4 heterocycles. The highest BCUT2D eigenvalue weighted by Crippen LogP contribution is 2.32. The van der Waals surface area contributed by atoms with Crippen LogP contribution in [0.15, 0.2) is 18.2 Å². The predicted octanol–water partition coefficient (Wildman–Crippen LogP) is 2.77. The fourth-order valence-electron chi connectivity index (χ4n) is 4.67. The summed E-state index contributed by atoms with van der Waals surface area (Å²) < 4.78 is 40.0. The number of benzene rings is 1. The minimum Gasteiger partial charge on any atom is -0.346 e. The number of piperidine rings is 3. The molecule has 3 saturated heterocycles. The molecule has 1 aromatic carbocycles. The number of amides is 2. The smallest absolute Gasteiger partial charge is 0.346 e.